The van der Waals surface area contributed by atoms with Crippen LogP contribution < -0.4 is 5.32 Å². The van der Waals surface area contributed by atoms with Gasteiger partial charge in [-0.15, -0.1) is 6.58 Å². The number of aromatic nitrogens is 3. The maximum atomic E-state index is 14.0. The first-order valence-electron chi connectivity index (χ1n) is 11.5. The normalized spacial score (nSPS) is 11.5. The SMILES string of the molecule is C=CCn1c(NC(=O)c2ccc([N+](=O)[O-])cc2)c(S(=O)(=O)c2ccc(C)cc2)c2nc3ccccc3nc21. The summed E-state index contributed by atoms with van der Waals surface area (Å²) in [5.41, 5.74) is 2.22. The summed E-state index contributed by atoms with van der Waals surface area (Å²) in [4.78, 5) is 32.8. The number of para-hydroxylation sites is 2. The molecule has 0 spiro atoms. The lowest BCUT2D eigenvalue weighted by molar-refractivity contribution is -0.384. The zero-order valence-corrected chi connectivity index (χ0v) is 21.0. The number of anilines is 1. The first-order valence-corrected chi connectivity index (χ1v) is 13.0. The number of carbonyl (C=O) groups is 1. The third kappa shape index (κ3) is 4.28. The molecule has 3 aromatic carbocycles. The van der Waals surface area contributed by atoms with Gasteiger partial charge in [0.1, 0.15) is 16.2 Å². The smallest absolute Gasteiger partial charge is 0.269 e. The van der Waals surface area contributed by atoms with Gasteiger partial charge in [0.25, 0.3) is 11.6 Å². The van der Waals surface area contributed by atoms with Crippen LogP contribution in [0, 0.1) is 17.0 Å². The molecule has 190 valence electrons. The van der Waals surface area contributed by atoms with Gasteiger partial charge in [0.2, 0.25) is 9.84 Å². The number of nitrogens with one attached hydrogen (secondary N) is 1. The minimum atomic E-state index is -4.19. The highest BCUT2D eigenvalue weighted by Gasteiger charge is 2.32. The molecule has 10 nitrogen and oxygen atoms in total. The van der Waals surface area contributed by atoms with Crippen LogP contribution in [0.3, 0.4) is 0 Å². The molecule has 0 aliphatic heterocycles. The van der Waals surface area contributed by atoms with E-state index in [2.05, 4.69) is 21.9 Å². The molecule has 0 fully saturated rings. The molecule has 0 bridgehead atoms. The number of benzene rings is 3. The second-order valence-electron chi connectivity index (χ2n) is 8.54. The standard InChI is InChI=1S/C27H21N5O5S/c1-3-16-31-25-23(28-21-6-4-5-7-22(21)29-25)24(38(36,37)20-14-8-17(2)9-15-20)26(31)30-27(33)18-10-12-19(13-11-18)32(34)35/h3-15H,1,16H2,2H3,(H,30,33). The Kier molecular flexibility index (Phi) is 6.21. The lowest BCUT2D eigenvalue weighted by Crippen LogP contribution is -2.17. The molecule has 1 amide bonds. The number of hydrogen-bond acceptors (Lipinski definition) is 7. The van der Waals surface area contributed by atoms with Gasteiger partial charge in [0.05, 0.1) is 20.9 Å². The van der Waals surface area contributed by atoms with Crippen LogP contribution in [0.1, 0.15) is 15.9 Å². The van der Waals surface area contributed by atoms with Crippen LogP contribution in [-0.4, -0.2) is 33.8 Å². The predicted molar refractivity (Wildman–Crippen MR) is 143 cm³/mol. The monoisotopic (exact) mass is 527 g/mol. The van der Waals surface area contributed by atoms with Gasteiger partial charge in [-0.3, -0.25) is 14.9 Å². The van der Waals surface area contributed by atoms with E-state index in [4.69, 9.17) is 0 Å². The highest BCUT2D eigenvalue weighted by Crippen LogP contribution is 2.37. The molecule has 0 atom stereocenters. The molecule has 0 saturated heterocycles. The zero-order chi connectivity index (χ0) is 27.0. The van der Waals surface area contributed by atoms with E-state index in [0.29, 0.717) is 11.0 Å². The van der Waals surface area contributed by atoms with Crippen molar-refractivity contribution in [2.24, 2.45) is 0 Å². The van der Waals surface area contributed by atoms with E-state index in [1.54, 1.807) is 42.5 Å². The molecule has 11 heteroatoms. The molecular weight excluding hydrogens is 506 g/mol. The summed E-state index contributed by atoms with van der Waals surface area (Å²) in [6.45, 7) is 5.75. The number of aryl methyl sites for hydroxylation is 1. The number of nitro groups is 1. The minimum Gasteiger partial charge on any atom is -0.307 e. The molecule has 2 heterocycles. The lowest BCUT2D eigenvalue weighted by Gasteiger charge is -2.12. The van der Waals surface area contributed by atoms with Gasteiger partial charge in [-0.2, -0.15) is 0 Å². The van der Waals surface area contributed by atoms with Crippen LogP contribution in [0.15, 0.2) is 95.2 Å². The van der Waals surface area contributed by atoms with Crippen LogP contribution in [0.25, 0.3) is 22.2 Å². The van der Waals surface area contributed by atoms with E-state index in [9.17, 15) is 23.3 Å². The first kappa shape index (κ1) is 24.8. The van der Waals surface area contributed by atoms with E-state index >= 15 is 0 Å². The van der Waals surface area contributed by atoms with Crippen molar-refractivity contribution >= 4 is 49.4 Å². The minimum absolute atomic E-state index is 0.0286. The van der Waals surface area contributed by atoms with Gasteiger partial charge in [0, 0.05) is 24.2 Å². The topological polar surface area (TPSA) is 137 Å². The Labute approximate surface area is 217 Å². The summed E-state index contributed by atoms with van der Waals surface area (Å²) < 4.78 is 29.6. The molecule has 1 N–H and O–H groups in total. The van der Waals surface area contributed by atoms with Gasteiger partial charge >= 0.3 is 0 Å². The lowest BCUT2D eigenvalue weighted by atomic mass is 10.2. The van der Waals surface area contributed by atoms with Crippen molar-refractivity contribution in [2.45, 2.75) is 23.3 Å². The van der Waals surface area contributed by atoms with E-state index in [0.717, 1.165) is 5.56 Å². The van der Waals surface area contributed by atoms with Crippen molar-refractivity contribution in [2.75, 3.05) is 5.32 Å². The molecule has 38 heavy (non-hydrogen) atoms. The molecule has 0 unspecified atom stereocenters. The Bertz CT molecular complexity index is 1840. The van der Waals surface area contributed by atoms with Crippen LogP contribution in [0.5, 0.6) is 0 Å². The number of carbonyl (C=O) groups excluding carboxylic acids is 1. The quantitative estimate of drug-likeness (QED) is 0.177. The third-order valence-corrected chi connectivity index (χ3v) is 7.81. The number of non-ortho nitro benzene ring substituents is 1. The third-order valence-electron chi connectivity index (χ3n) is 5.99. The van der Waals surface area contributed by atoms with Gasteiger partial charge < -0.3 is 9.88 Å². The molecule has 0 aliphatic rings. The average Bonchev–Trinajstić information content (AvgIpc) is 3.20. The second kappa shape index (κ2) is 9.52. The highest BCUT2D eigenvalue weighted by molar-refractivity contribution is 7.92. The molecule has 0 radical (unpaired) electrons. The molecule has 5 rings (SSSR count). The summed E-state index contributed by atoms with van der Waals surface area (Å²) in [7, 11) is -4.19. The van der Waals surface area contributed by atoms with Crippen LogP contribution in [-0.2, 0) is 16.4 Å². The Balaban J connectivity index is 1.77. The number of nitrogens with zero attached hydrogens (tertiary/aromatic N) is 4. The number of fused-ring (bicyclic) bond motifs is 2. The fourth-order valence-corrected chi connectivity index (χ4v) is 5.64. The second-order valence-corrected chi connectivity index (χ2v) is 10.4. The summed E-state index contributed by atoms with van der Waals surface area (Å²) >= 11 is 0. The molecule has 0 aliphatic carbocycles. The van der Waals surface area contributed by atoms with Crippen molar-refractivity contribution in [1.29, 1.82) is 0 Å². The van der Waals surface area contributed by atoms with Crippen molar-refractivity contribution in [3.05, 3.63) is 107 Å². The fraction of sp³-hybridized carbons (Fsp3) is 0.0741. The number of hydrogen-bond donors (Lipinski definition) is 1. The first-order chi connectivity index (χ1) is 18.2. The van der Waals surface area contributed by atoms with E-state index in [1.807, 2.05) is 6.92 Å². The summed E-state index contributed by atoms with van der Waals surface area (Å²) in [5, 5.41) is 13.7. The number of rotatable bonds is 7. The summed E-state index contributed by atoms with van der Waals surface area (Å²) in [5.74, 6) is -0.683. The maximum absolute atomic E-state index is 14.0. The van der Waals surface area contributed by atoms with Gasteiger partial charge in [-0.25, -0.2) is 18.4 Å². The Hall–Kier alpha value is -4.90. The molecular formula is C27H21N5O5S. The van der Waals surface area contributed by atoms with Gasteiger partial charge in [0.15, 0.2) is 5.65 Å². The maximum Gasteiger partial charge on any atom is 0.269 e. The van der Waals surface area contributed by atoms with Crippen molar-refractivity contribution in [1.82, 2.24) is 14.5 Å². The highest BCUT2D eigenvalue weighted by atomic mass is 32.2. The number of allylic oxidation sites excluding steroid dienone is 1. The van der Waals surface area contributed by atoms with E-state index in [1.165, 1.54) is 41.0 Å². The molecule has 5 aromatic rings. The fourth-order valence-electron chi connectivity index (χ4n) is 4.11. The summed E-state index contributed by atoms with van der Waals surface area (Å²) in [6.07, 6.45) is 1.56. The van der Waals surface area contributed by atoms with Crippen molar-refractivity contribution < 1.29 is 18.1 Å². The number of sulfone groups is 1. The van der Waals surface area contributed by atoms with Crippen molar-refractivity contribution in [3.63, 3.8) is 0 Å². The van der Waals surface area contributed by atoms with Crippen LogP contribution in [0.2, 0.25) is 0 Å². The van der Waals surface area contributed by atoms with Crippen LogP contribution >= 0.6 is 0 Å². The number of amides is 1. The van der Waals surface area contributed by atoms with Gasteiger partial charge in [-0.1, -0.05) is 35.9 Å². The van der Waals surface area contributed by atoms with E-state index < -0.39 is 20.7 Å². The zero-order valence-electron chi connectivity index (χ0n) is 20.2. The van der Waals surface area contributed by atoms with Crippen molar-refractivity contribution in [3.8, 4) is 0 Å². The predicted octanol–water partition coefficient (Wildman–Crippen LogP) is 5.07. The largest absolute Gasteiger partial charge is 0.307 e. The Morgan fingerprint density at radius 3 is 2.26 bits per heavy atom. The Morgan fingerprint density at radius 2 is 1.66 bits per heavy atom. The van der Waals surface area contributed by atoms with Gasteiger partial charge in [-0.05, 0) is 43.3 Å². The van der Waals surface area contributed by atoms with E-state index in [-0.39, 0.29) is 44.6 Å². The molecule has 0 saturated carbocycles. The summed E-state index contributed by atoms with van der Waals surface area (Å²) in [6, 6.07) is 18.4. The number of nitro benzene ring substituents is 1. The Morgan fingerprint density at radius 1 is 1.03 bits per heavy atom. The van der Waals surface area contributed by atoms with Crippen LogP contribution in [0.4, 0.5) is 11.5 Å². The average molecular weight is 528 g/mol. The molecule has 2 aromatic heterocycles.